The Kier molecular flexibility index (Phi) is 10.00. The van der Waals surface area contributed by atoms with Crippen molar-refractivity contribution in [3.8, 4) is 0 Å². The lowest BCUT2D eigenvalue weighted by Crippen LogP contribution is -2.59. The van der Waals surface area contributed by atoms with Gasteiger partial charge < -0.3 is 41.7 Å². The van der Waals surface area contributed by atoms with Gasteiger partial charge in [-0.2, -0.15) is 0 Å². The van der Waals surface area contributed by atoms with Crippen LogP contribution in [0.25, 0.3) is 0 Å². The number of hydrogen-bond acceptors (Lipinski definition) is 8. The molecule has 14 heteroatoms. The Morgan fingerprint density at radius 3 is 2.19 bits per heavy atom. The molecule has 14 nitrogen and oxygen atoms in total. The van der Waals surface area contributed by atoms with E-state index >= 15 is 0 Å². The molecule has 0 spiro atoms. The zero-order valence-corrected chi connectivity index (χ0v) is 17.4. The van der Waals surface area contributed by atoms with Gasteiger partial charge in [0.1, 0.15) is 18.1 Å². The average Bonchev–Trinajstić information content (AvgIpc) is 3.17. The molecule has 5 atom stereocenters. The maximum atomic E-state index is 12.9. The minimum absolute atomic E-state index is 0.0874. The van der Waals surface area contributed by atoms with Crippen molar-refractivity contribution >= 4 is 35.6 Å². The predicted molar refractivity (Wildman–Crippen MR) is 105 cm³/mol. The number of nitrogens with one attached hydrogen (secondary N) is 2. The molecule has 0 aromatic carbocycles. The van der Waals surface area contributed by atoms with Crippen LogP contribution in [0.5, 0.6) is 0 Å². The molecule has 1 aliphatic heterocycles. The van der Waals surface area contributed by atoms with Gasteiger partial charge in [0.25, 0.3) is 0 Å². The lowest BCUT2D eigenvalue weighted by Gasteiger charge is -2.31. The van der Waals surface area contributed by atoms with Gasteiger partial charge in [0.05, 0.1) is 18.6 Å². The third kappa shape index (κ3) is 7.77. The molecule has 1 saturated heterocycles. The summed E-state index contributed by atoms with van der Waals surface area (Å²) in [6, 6.07) is -5.56. The number of carboxylic acids is 3. The van der Waals surface area contributed by atoms with Gasteiger partial charge in [0.15, 0.2) is 0 Å². The first-order valence-corrected chi connectivity index (χ1v) is 9.86. The highest BCUT2D eigenvalue weighted by molar-refractivity contribution is 5.95. The second-order valence-corrected chi connectivity index (χ2v) is 7.45. The van der Waals surface area contributed by atoms with E-state index in [-0.39, 0.29) is 19.4 Å². The Bertz CT molecular complexity index is 756. The Hall–Kier alpha value is -3.26. The summed E-state index contributed by atoms with van der Waals surface area (Å²) in [5, 5.41) is 41.0. The minimum Gasteiger partial charge on any atom is -0.481 e. The van der Waals surface area contributed by atoms with Crippen LogP contribution >= 0.6 is 0 Å². The zero-order valence-electron chi connectivity index (χ0n) is 17.4. The lowest BCUT2D eigenvalue weighted by molar-refractivity contribution is -0.146. The van der Waals surface area contributed by atoms with Crippen LogP contribution in [0.1, 0.15) is 39.0 Å². The smallest absolute Gasteiger partial charge is 0.326 e. The van der Waals surface area contributed by atoms with Gasteiger partial charge in [-0.15, -0.1) is 0 Å². The van der Waals surface area contributed by atoms with Crippen LogP contribution in [0.2, 0.25) is 0 Å². The Balaban J connectivity index is 2.91. The van der Waals surface area contributed by atoms with E-state index in [0.29, 0.717) is 6.42 Å². The van der Waals surface area contributed by atoms with E-state index in [1.54, 1.807) is 0 Å². The summed E-state index contributed by atoms with van der Waals surface area (Å²) in [6.07, 6.45) is -2.39. The Morgan fingerprint density at radius 2 is 1.69 bits per heavy atom. The van der Waals surface area contributed by atoms with E-state index in [9.17, 15) is 39.0 Å². The quantitative estimate of drug-likeness (QED) is 0.156. The molecule has 3 amide bonds. The summed E-state index contributed by atoms with van der Waals surface area (Å²) in [4.78, 5) is 71.4. The standard InChI is InChI=1S/C18H28N4O10/c1-8(23)14(21-15(28)9(19)7-13(26)27)17(30)22-6-2-3-11(22)16(29)20-10(18(31)32)4-5-12(24)25/h8-11,14,23H,2-7,19H2,1H3,(H,20,29)(H,21,28)(H,24,25)(H,26,27)(H,31,32). The number of rotatable bonds is 12. The summed E-state index contributed by atoms with van der Waals surface area (Å²) in [5.41, 5.74) is 5.47. The summed E-state index contributed by atoms with van der Waals surface area (Å²) in [5.74, 6) is -6.62. The van der Waals surface area contributed by atoms with Gasteiger partial charge in [-0.3, -0.25) is 24.0 Å². The van der Waals surface area contributed by atoms with Crippen LogP contribution in [-0.2, 0) is 28.8 Å². The number of aliphatic carboxylic acids is 3. The van der Waals surface area contributed by atoms with Crippen molar-refractivity contribution in [1.82, 2.24) is 15.5 Å². The second-order valence-electron chi connectivity index (χ2n) is 7.45. The molecule has 5 unspecified atom stereocenters. The van der Waals surface area contributed by atoms with Gasteiger partial charge in [-0.1, -0.05) is 0 Å². The van der Waals surface area contributed by atoms with Crippen LogP contribution in [0, 0.1) is 0 Å². The summed E-state index contributed by atoms with van der Waals surface area (Å²) >= 11 is 0. The fourth-order valence-electron chi connectivity index (χ4n) is 3.20. The highest BCUT2D eigenvalue weighted by Crippen LogP contribution is 2.20. The number of carbonyl (C=O) groups excluding carboxylic acids is 3. The third-order valence-electron chi connectivity index (χ3n) is 4.88. The van der Waals surface area contributed by atoms with Gasteiger partial charge in [0.2, 0.25) is 17.7 Å². The SMILES string of the molecule is CC(O)C(NC(=O)C(N)CC(=O)O)C(=O)N1CCCC1C(=O)NC(CCC(=O)O)C(=O)O. The minimum atomic E-state index is -1.52. The maximum absolute atomic E-state index is 12.9. The molecule has 1 aliphatic rings. The van der Waals surface area contributed by atoms with Crippen LogP contribution in [0.4, 0.5) is 0 Å². The second kappa shape index (κ2) is 12.0. The normalized spacial score (nSPS) is 19.3. The first-order valence-electron chi connectivity index (χ1n) is 9.86. The molecular formula is C18H28N4O10. The van der Waals surface area contributed by atoms with Gasteiger partial charge in [0, 0.05) is 13.0 Å². The first kappa shape index (κ1) is 26.8. The summed E-state index contributed by atoms with van der Waals surface area (Å²) < 4.78 is 0. The van der Waals surface area contributed by atoms with E-state index in [4.69, 9.17) is 15.9 Å². The number of likely N-dealkylation sites (tertiary alicyclic amines) is 1. The number of hydrogen-bond donors (Lipinski definition) is 7. The van der Waals surface area contributed by atoms with Crippen molar-refractivity contribution in [1.29, 1.82) is 0 Å². The molecule has 0 aromatic heterocycles. The van der Waals surface area contributed by atoms with Crippen molar-refractivity contribution < 1.29 is 49.2 Å². The highest BCUT2D eigenvalue weighted by Gasteiger charge is 2.40. The third-order valence-corrected chi connectivity index (χ3v) is 4.88. The Labute approximate surface area is 182 Å². The molecule has 1 rings (SSSR count). The Morgan fingerprint density at radius 1 is 1.06 bits per heavy atom. The molecule has 32 heavy (non-hydrogen) atoms. The van der Waals surface area contributed by atoms with Crippen LogP contribution < -0.4 is 16.4 Å². The van der Waals surface area contributed by atoms with Crippen molar-refractivity contribution in [3.05, 3.63) is 0 Å². The van der Waals surface area contributed by atoms with E-state index in [2.05, 4.69) is 10.6 Å². The molecule has 0 radical (unpaired) electrons. The molecule has 8 N–H and O–H groups in total. The van der Waals surface area contributed by atoms with Crippen LogP contribution in [-0.4, -0.2) is 97.8 Å². The average molecular weight is 460 g/mol. The van der Waals surface area contributed by atoms with Crippen LogP contribution in [0.15, 0.2) is 0 Å². The zero-order chi connectivity index (χ0) is 24.6. The van der Waals surface area contributed by atoms with Crippen molar-refractivity contribution in [2.45, 2.75) is 69.3 Å². The van der Waals surface area contributed by atoms with E-state index in [1.165, 1.54) is 6.92 Å². The fraction of sp³-hybridized carbons (Fsp3) is 0.667. The monoisotopic (exact) mass is 460 g/mol. The largest absolute Gasteiger partial charge is 0.481 e. The predicted octanol–water partition coefficient (Wildman–Crippen LogP) is -2.92. The number of aliphatic hydroxyl groups excluding tert-OH is 1. The first-order chi connectivity index (χ1) is 14.8. The van der Waals surface area contributed by atoms with E-state index in [1.807, 2.05) is 0 Å². The van der Waals surface area contributed by atoms with Gasteiger partial charge in [-0.05, 0) is 26.2 Å². The maximum Gasteiger partial charge on any atom is 0.326 e. The molecule has 0 aromatic rings. The molecule has 0 bridgehead atoms. The highest BCUT2D eigenvalue weighted by atomic mass is 16.4. The number of carbonyl (C=O) groups is 6. The van der Waals surface area contributed by atoms with Gasteiger partial charge >= 0.3 is 17.9 Å². The molecule has 1 fully saturated rings. The van der Waals surface area contributed by atoms with Crippen molar-refractivity contribution in [2.75, 3.05) is 6.54 Å². The van der Waals surface area contributed by atoms with Crippen molar-refractivity contribution in [2.24, 2.45) is 5.73 Å². The number of amides is 3. The summed E-state index contributed by atoms with van der Waals surface area (Å²) in [7, 11) is 0. The molecular weight excluding hydrogens is 432 g/mol. The number of nitrogens with zero attached hydrogens (tertiary/aromatic N) is 1. The number of aliphatic hydroxyl groups is 1. The molecule has 180 valence electrons. The number of carboxylic acid groups (broad SMARTS) is 3. The van der Waals surface area contributed by atoms with Gasteiger partial charge in [-0.25, -0.2) is 4.79 Å². The van der Waals surface area contributed by atoms with E-state index < -0.39 is 78.7 Å². The number of nitrogens with two attached hydrogens (primary N) is 1. The van der Waals surface area contributed by atoms with Crippen molar-refractivity contribution in [3.63, 3.8) is 0 Å². The molecule has 0 saturated carbocycles. The molecule has 1 heterocycles. The lowest BCUT2D eigenvalue weighted by atomic mass is 10.1. The van der Waals surface area contributed by atoms with Crippen LogP contribution in [0.3, 0.4) is 0 Å². The summed E-state index contributed by atoms with van der Waals surface area (Å²) in [6.45, 7) is 1.30. The molecule has 0 aliphatic carbocycles. The van der Waals surface area contributed by atoms with E-state index in [0.717, 1.165) is 4.90 Å². The fourth-order valence-corrected chi connectivity index (χ4v) is 3.20. The topological polar surface area (TPSA) is 237 Å².